The van der Waals surface area contributed by atoms with Crippen molar-refractivity contribution >= 4 is 6.16 Å². The molecule has 1 aliphatic rings. The molecule has 0 radical (unpaired) electrons. The van der Waals surface area contributed by atoms with Crippen molar-refractivity contribution in [3.05, 3.63) is 12.2 Å². The van der Waals surface area contributed by atoms with E-state index in [-0.39, 0.29) is 19.3 Å². The number of alkyl halides is 3. The highest BCUT2D eigenvalue weighted by Crippen LogP contribution is 2.27. The van der Waals surface area contributed by atoms with E-state index in [1.807, 2.05) is 6.92 Å². The van der Waals surface area contributed by atoms with E-state index in [2.05, 4.69) is 4.74 Å². The Kier molecular flexibility index (Phi) is 5.01. The summed E-state index contributed by atoms with van der Waals surface area (Å²) in [5.74, 6) is -1.25. The maximum Gasteiger partial charge on any atom is 0.511 e. The first-order valence-corrected chi connectivity index (χ1v) is 5.61. The average Bonchev–Trinajstić information content (AvgIpc) is 2.63. The zero-order chi connectivity index (χ0) is 13.6. The summed E-state index contributed by atoms with van der Waals surface area (Å²) in [6, 6.07) is 0. The number of hydrogen-bond acceptors (Lipinski definition) is 4. The quantitative estimate of drug-likeness (QED) is 0.548. The molecule has 4 nitrogen and oxygen atoms in total. The van der Waals surface area contributed by atoms with Crippen LogP contribution in [-0.4, -0.2) is 31.3 Å². The number of cyclic esters (lactones) is 2. The Bertz CT molecular complexity index is 314. The van der Waals surface area contributed by atoms with Gasteiger partial charge in [-0.15, -0.1) is 0 Å². The van der Waals surface area contributed by atoms with Gasteiger partial charge in [0.25, 0.3) is 5.79 Å². The van der Waals surface area contributed by atoms with Crippen LogP contribution in [0.15, 0.2) is 12.2 Å². The van der Waals surface area contributed by atoms with Gasteiger partial charge in [-0.3, -0.25) is 0 Å². The molecular formula is C11H15F3O4. The number of hydrogen-bond donors (Lipinski definition) is 0. The van der Waals surface area contributed by atoms with Gasteiger partial charge in [-0.1, -0.05) is 19.4 Å². The normalized spacial score (nSPS) is 24.3. The van der Waals surface area contributed by atoms with Crippen LogP contribution in [0, 0.1) is 0 Å². The molecule has 104 valence electrons. The van der Waals surface area contributed by atoms with Crippen LogP contribution in [-0.2, 0) is 14.2 Å². The lowest BCUT2D eigenvalue weighted by atomic mass is 10.1. The third-order valence-corrected chi connectivity index (χ3v) is 2.34. The average molecular weight is 268 g/mol. The Labute approximate surface area is 103 Å². The molecule has 0 aromatic carbocycles. The molecule has 0 spiro atoms. The molecule has 1 aliphatic heterocycles. The lowest BCUT2D eigenvalue weighted by Gasteiger charge is -2.24. The zero-order valence-electron chi connectivity index (χ0n) is 9.96. The fourth-order valence-electron chi connectivity index (χ4n) is 1.47. The van der Waals surface area contributed by atoms with Crippen molar-refractivity contribution < 1.29 is 32.2 Å². The fourth-order valence-corrected chi connectivity index (χ4v) is 1.47. The Hall–Kier alpha value is -1.24. The molecule has 0 bridgehead atoms. The Morgan fingerprint density at radius 3 is 2.72 bits per heavy atom. The smallest absolute Gasteiger partial charge is 0.427 e. The summed E-state index contributed by atoms with van der Waals surface area (Å²) in [4.78, 5) is 10.9. The van der Waals surface area contributed by atoms with Crippen molar-refractivity contribution in [1.82, 2.24) is 0 Å². The highest BCUT2D eigenvalue weighted by Gasteiger charge is 2.42. The van der Waals surface area contributed by atoms with Crippen molar-refractivity contribution in [2.75, 3.05) is 13.2 Å². The molecule has 18 heavy (non-hydrogen) atoms. The highest BCUT2D eigenvalue weighted by atomic mass is 19.4. The van der Waals surface area contributed by atoms with E-state index in [1.165, 1.54) is 0 Å². The topological polar surface area (TPSA) is 44.8 Å². The third-order valence-electron chi connectivity index (χ3n) is 2.34. The molecule has 0 saturated carbocycles. The van der Waals surface area contributed by atoms with Crippen LogP contribution in [0.25, 0.3) is 0 Å². The van der Waals surface area contributed by atoms with Gasteiger partial charge in [0, 0.05) is 12.5 Å². The maximum atomic E-state index is 11.9. The fraction of sp³-hybridized carbons (Fsp3) is 0.727. The van der Waals surface area contributed by atoms with E-state index in [1.54, 1.807) is 0 Å². The summed E-state index contributed by atoms with van der Waals surface area (Å²) in [5.41, 5.74) is 0. The van der Waals surface area contributed by atoms with Crippen molar-refractivity contribution in [3.8, 4) is 0 Å². The maximum absolute atomic E-state index is 11.9. The summed E-state index contributed by atoms with van der Waals surface area (Å²) in [7, 11) is 0. The van der Waals surface area contributed by atoms with Gasteiger partial charge in [-0.2, -0.15) is 13.2 Å². The molecule has 1 rings (SSSR count). The SMILES string of the molecule is CCCCC1(OC/C=C\C(F)(F)F)COC(=O)O1. The number of carbonyl (C=O) groups is 1. The van der Waals surface area contributed by atoms with Crippen molar-refractivity contribution in [2.45, 2.75) is 38.1 Å². The van der Waals surface area contributed by atoms with Gasteiger partial charge in [-0.05, 0) is 6.42 Å². The number of unbranched alkanes of at least 4 members (excludes halogenated alkanes) is 1. The second kappa shape index (κ2) is 6.08. The first-order chi connectivity index (χ1) is 8.37. The largest absolute Gasteiger partial charge is 0.511 e. The van der Waals surface area contributed by atoms with Crippen molar-refractivity contribution in [3.63, 3.8) is 0 Å². The molecular weight excluding hydrogens is 253 g/mol. The number of carbonyl (C=O) groups excluding carboxylic acids is 1. The Morgan fingerprint density at radius 2 is 2.22 bits per heavy atom. The molecule has 0 aliphatic carbocycles. The lowest BCUT2D eigenvalue weighted by Crippen LogP contribution is -2.35. The predicted octanol–water partition coefficient (Wildman–Crippen LogP) is 3.17. The van der Waals surface area contributed by atoms with Crippen molar-refractivity contribution in [1.29, 1.82) is 0 Å². The molecule has 0 amide bonds. The summed E-state index contributed by atoms with van der Waals surface area (Å²) in [5, 5.41) is 0. The van der Waals surface area contributed by atoms with Crippen molar-refractivity contribution in [2.24, 2.45) is 0 Å². The molecule has 1 unspecified atom stereocenters. The zero-order valence-corrected chi connectivity index (χ0v) is 9.96. The van der Waals surface area contributed by atoms with Gasteiger partial charge in [0.05, 0.1) is 6.61 Å². The van der Waals surface area contributed by atoms with Crippen LogP contribution < -0.4 is 0 Å². The molecule has 1 heterocycles. The summed E-state index contributed by atoms with van der Waals surface area (Å²) < 4.78 is 50.3. The minimum Gasteiger partial charge on any atom is -0.427 e. The van der Waals surface area contributed by atoms with Crippen LogP contribution in [0.1, 0.15) is 26.2 Å². The van der Waals surface area contributed by atoms with Crippen LogP contribution in [0.4, 0.5) is 18.0 Å². The number of halogens is 3. The molecule has 0 aromatic rings. The van der Waals surface area contributed by atoms with E-state index >= 15 is 0 Å². The second-order valence-electron chi connectivity index (χ2n) is 3.91. The van der Waals surface area contributed by atoms with Gasteiger partial charge >= 0.3 is 12.3 Å². The van der Waals surface area contributed by atoms with Gasteiger partial charge < -0.3 is 14.2 Å². The Balaban J connectivity index is 2.47. The minimum absolute atomic E-state index is 0.0815. The van der Waals surface area contributed by atoms with Crippen LogP contribution in [0.2, 0.25) is 0 Å². The monoisotopic (exact) mass is 268 g/mol. The van der Waals surface area contributed by atoms with Crippen LogP contribution in [0.3, 0.4) is 0 Å². The summed E-state index contributed by atoms with van der Waals surface area (Å²) in [6.07, 6.45) is -2.35. The van der Waals surface area contributed by atoms with Crippen LogP contribution in [0.5, 0.6) is 0 Å². The third kappa shape index (κ3) is 4.95. The molecule has 0 N–H and O–H groups in total. The molecule has 0 aromatic heterocycles. The first-order valence-electron chi connectivity index (χ1n) is 5.61. The van der Waals surface area contributed by atoms with Gasteiger partial charge in [-0.25, -0.2) is 4.79 Å². The van der Waals surface area contributed by atoms with E-state index in [0.717, 1.165) is 18.9 Å². The molecule has 1 fully saturated rings. The summed E-state index contributed by atoms with van der Waals surface area (Å²) >= 11 is 0. The molecule has 1 saturated heterocycles. The van der Waals surface area contributed by atoms with Gasteiger partial charge in [0.1, 0.15) is 0 Å². The standard InChI is InChI=1S/C11H15F3O4/c1-2-3-5-10(8-16-9(15)18-10)17-7-4-6-11(12,13)14/h4,6H,2-3,5,7-8H2,1H3/b6-4-. The van der Waals surface area contributed by atoms with E-state index in [0.29, 0.717) is 6.42 Å². The number of rotatable bonds is 6. The van der Waals surface area contributed by atoms with E-state index < -0.39 is 18.1 Å². The van der Waals surface area contributed by atoms with E-state index in [9.17, 15) is 18.0 Å². The van der Waals surface area contributed by atoms with E-state index in [4.69, 9.17) is 9.47 Å². The van der Waals surface area contributed by atoms with Gasteiger partial charge in [0.15, 0.2) is 6.61 Å². The highest BCUT2D eigenvalue weighted by molar-refractivity contribution is 5.62. The lowest BCUT2D eigenvalue weighted by molar-refractivity contribution is -0.177. The molecule has 1 atom stereocenters. The number of allylic oxidation sites excluding steroid dienone is 1. The van der Waals surface area contributed by atoms with Gasteiger partial charge in [0.2, 0.25) is 0 Å². The number of ether oxygens (including phenoxy) is 3. The first kappa shape index (κ1) is 14.8. The summed E-state index contributed by atoms with van der Waals surface area (Å²) in [6.45, 7) is 1.56. The van der Waals surface area contributed by atoms with Crippen LogP contribution >= 0.6 is 0 Å². The molecule has 7 heteroatoms. The predicted molar refractivity (Wildman–Crippen MR) is 55.8 cm³/mol. The minimum atomic E-state index is -4.37. The Morgan fingerprint density at radius 1 is 1.50 bits per heavy atom. The second-order valence-corrected chi connectivity index (χ2v) is 3.91.